The minimum absolute atomic E-state index is 0.0851. The highest BCUT2D eigenvalue weighted by atomic mass is 32.2. The van der Waals surface area contributed by atoms with E-state index < -0.39 is 39.5 Å². The molecule has 296 valence electrons. The van der Waals surface area contributed by atoms with Crippen molar-refractivity contribution in [2.45, 2.75) is 85.3 Å². The molecule has 0 fully saturated rings. The average Bonchev–Trinajstić information content (AvgIpc) is 3.42. The van der Waals surface area contributed by atoms with Gasteiger partial charge in [0.1, 0.15) is 26.9 Å². The van der Waals surface area contributed by atoms with Crippen LogP contribution in [0.1, 0.15) is 75.5 Å². The Kier molecular flexibility index (Phi) is 15.2. The quantitative estimate of drug-likeness (QED) is 0.0701. The van der Waals surface area contributed by atoms with Crippen LogP contribution < -0.4 is 30.6 Å². The first-order valence-electron chi connectivity index (χ1n) is 16.5. The van der Waals surface area contributed by atoms with Gasteiger partial charge in [0.2, 0.25) is 18.1 Å². The van der Waals surface area contributed by atoms with Gasteiger partial charge in [0, 0.05) is 6.07 Å². The van der Waals surface area contributed by atoms with Gasteiger partial charge >= 0.3 is 18.2 Å². The molecule has 0 saturated heterocycles. The summed E-state index contributed by atoms with van der Waals surface area (Å²) in [6.45, 7) is 17.8. The van der Waals surface area contributed by atoms with Crippen molar-refractivity contribution in [2.75, 3.05) is 37.3 Å². The van der Waals surface area contributed by atoms with Gasteiger partial charge in [0.05, 0.1) is 55.0 Å². The maximum absolute atomic E-state index is 12.0. The predicted molar refractivity (Wildman–Crippen MR) is 199 cm³/mol. The van der Waals surface area contributed by atoms with Crippen molar-refractivity contribution < 1.29 is 55.7 Å². The van der Waals surface area contributed by atoms with Crippen LogP contribution in [0.2, 0.25) is 0 Å². The van der Waals surface area contributed by atoms with Gasteiger partial charge in [-0.2, -0.15) is 5.10 Å². The van der Waals surface area contributed by atoms with Crippen LogP contribution in [-0.2, 0) is 24.3 Å². The van der Waals surface area contributed by atoms with Crippen LogP contribution >= 0.6 is 0 Å². The zero-order valence-corrected chi connectivity index (χ0v) is 33.5. The number of hydrogen-bond donors (Lipinski definition) is 3. The minimum Gasteiger partial charge on any atom is -0.744 e. The van der Waals surface area contributed by atoms with Gasteiger partial charge in [0.25, 0.3) is 0 Å². The number of pyridine rings is 2. The van der Waals surface area contributed by atoms with Crippen LogP contribution in [0.3, 0.4) is 0 Å². The second-order valence-electron chi connectivity index (χ2n) is 13.7. The number of fused-ring (bicyclic) bond motifs is 1. The van der Waals surface area contributed by atoms with E-state index in [1.807, 2.05) is 6.92 Å². The second-order valence-corrected chi connectivity index (χ2v) is 15.0. The standard InChI is InChI=1S/C16H21N3O5.C11H17N3O3.C9H12O3S/c1-6-23-14(20)10-8-17-19-9-13(22-5)11(7-12(10)19)18-15(21)24-16(2,3)4;1-11(2,3)17-10(15)13-8-5-6-14(12)7-9(8)16-4;1-6-4-7(2)9(8(3)5-6)13(10,11)12/h7-9H,6H2,1-5H3,(H,18,21);5-7H,12H2,1-4H3;4-5H,1-3H3,(H,10,11,12). The Morgan fingerprint density at radius 2 is 1.41 bits per heavy atom. The molecule has 4 aromatic rings. The highest BCUT2D eigenvalue weighted by molar-refractivity contribution is 7.85. The first-order valence-corrected chi connectivity index (χ1v) is 17.9. The van der Waals surface area contributed by atoms with Gasteiger partial charge in [-0.05, 0) is 86.4 Å². The molecule has 4 rings (SSSR count). The van der Waals surface area contributed by atoms with E-state index in [0.29, 0.717) is 45.1 Å². The molecule has 18 heteroatoms. The number of nitrogens with zero attached hydrogens (tertiary/aromatic N) is 3. The number of ether oxygens (including phenoxy) is 5. The molecule has 0 atom stereocenters. The molecule has 0 bridgehead atoms. The summed E-state index contributed by atoms with van der Waals surface area (Å²) in [5.74, 6) is 5.88. The Morgan fingerprint density at radius 1 is 0.889 bits per heavy atom. The van der Waals surface area contributed by atoms with Crippen molar-refractivity contribution in [1.82, 2.24) is 9.61 Å². The van der Waals surface area contributed by atoms with Crippen LogP contribution in [0.5, 0.6) is 11.5 Å². The second kappa shape index (κ2) is 18.4. The maximum atomic E-state index is 12.0. The molecular weight excluding hydrogens is 724 g/mol. The van der Waals surface area contributed by atoms with E-state index in [0.717, 1.165) is 5.56 Å². The van der Waals surface area contributed by atoms with Crippen molar-refractivity contribution in [3.63, 3.8) is 0 Å². The molecule has 0 aliphatic heterocycles. The van der Waals surface area contributed by atoms with Crippen molar-refractivity contribution in [3.8, 4) is 11.5 Å². The number of hydrogen-bond acceptors (Lipinski definition) is 13. The molecule has 2 amide bonds. The number of anilines is 2. The number of aromatic nitrogens is 3. The first-order chi connectivity index (χ1) is 24.9. The number of methoxy groups -OCH3 is 2. The lowest BCUT2D eigenvalue weighted by Gasteiger charge is -2.20. The summed E-state index contributed by atoms with van der Waals surface area (Å²) in [6.07, 6.45) is 4.95. The summed E-state index contributed by atoms with van der Waals surface area (Å²) < 4.78 is 61.0. The molecule has 0 spiro atoms. The van der Waals surface area contributed by atoms with Crippen LogP contribution in [-0.4, -0.2) is 72.8 Å². The highest BCUT2D eigenvalue weighted by Gasteiger charge is 2.21. The molecule has 0 unspecified atom stereocenters. The molecule has 0 aliphatic rings. The lowest BCUT2D eigenvalue weighted by Crippen LogP contribution is -2.43. The zero-order valence-electron chi connectivity index (χ0n) is 32.6. The Labute approximate surface area is 315 Å². The van der Waals surface area contributed by atoms with E-state index in [2.05, 4.69) is 15.7 Å². The normalized spacial score (nSPS) is 11.2. The lowest BCUT2D eigenvalue weighted by atomic mass is 10.1. The fraction of sp³-hybridized carbons (Fsp3) is 0.417. The number of nitrogen functional groups attached to an aromatic ring is 1. The third-order valence-corrected chi connectivity index (χ3v) is 7.77. The van der Waals surface area contributed by atoms with Crippen molar-refractivity contribution in [2.24, 2.45) is 0 Å². The lowest BCUT2D eigenvalue weighted by molar-refractivity contribution is -0.639. The summed E-state index contributed by atoms with van der Waals surface area (Å²) in [6, 6.07) is 6.60. The number of benzene rings is 1. The average molecular weight is 775 g/mol. The Bertz CT molecular complexity index is 2040. The van der Waals surface area contributed by atoms with Crippen molar-refractivity contribution in [3.05, 3.63) is 71.3 Å². The van der Waals surface area contributed by atoms with E-state index in [1.165, 1.54) is 29.6 Å². The van der Waals surface area contributed by atoms with Crippen LogP contribution in [0.25, 0.3) is 5.52 Å². The molecule has 3 aromatic heterocycles. The van der Waals surface area contributed by atoms with Crippen LogP contribution in [0.4, 0.5) is 21.0 Å². The molecule has 0 aliphatic carbocycles. The van der Waals surface area contributed by atoms with Crippen molar-refractivity contribution >= 4 is 45.2 Å². The molecule has 0 saturated carbocycles. The summed E-state index contributed by atoms with van der Waals surface area (Å²) in [4.78, 5) is 35.4. The number of esters is 1. The fourth-order valence-electron chi connectivity index (χ4n) is 4.78. The number of carbonyl (C=O) groups excluding carboxylic acids is 3. The van der Waals surface area contributed by atoms with Crippen LogP contribution in [0, 0.1) is 20.8 Å². The molecule has 1 aromatic carbocycles. The van der Waals surface area contributed by atoms with E-state index in [4.69, 9.17) is 29.5 Å². The third-order valence-electron chi connectivity index (χ3n) is 6.63. The monoisotopic (exact) mass is 774 g/mol. The zero-order chi connectivity index (χ0) is 41.2. The molecule has 3 heterocycles. The summed E-state index contributed by atoms with van der Waals surface area (Å²) in [5.41, 5.74) is 2.48. The molecule has 0 radical (unpaired) electrons. The van der Waals surface area contributed by atoms with Crippen molar-refractivity contribution in [1.29, 1.82) is 0 Å². The number of nitrogens with one attached hydrogen (secondary N) is 2. The number of nitrogens with two attached hydrogens (primary N) is 1. The predicted octanol–water partition coefficient (Wildman–Crippen LogP) is 5.43. The van der Waals surface area contributed by atoms with Gasteiger partial charge in [-0.25, -0.2) is 33.2 Å². The number of aryl methyl sites for hydroxylation is 3. The van der Waals surface area contributed by atoms with Gasteiger partial charge in [-0.3, -0.25) is 10.6 Å². The SMILES string of the molecule is CCOC(=O)c1cnn2cc(OC)c(NC(=O)OC(C)(C)C)cc12.COc1c[n+](N)ccc1NC(=O)OC(C)(C)C.Cc1cc(C)c(S(=O)(=O)[O-])c(C)c1. The highest BCUT2D eigenvalue weighted by Crippen LogP contribution is 2.28. The summed E-state index contributed by atoms with van der Waals surface area (Å²) >= 11 is 0. The Balaban J connectivity index is 0.000000295. The maximum Gasteiger partial charge on any atom is 0.412 e. The van der Waals surface area contributed by atoms with Gasteiger partial charge in [-0.1, -0.05) is 22.4 Å². The van der Waals surface area contributed by atoms with Crippen LogP contribution in [0.15, 0.2) is 53.9 Å². The van der Waals surface area contributed by atoms with E-state index in [-0.39, 0.29) is 11.5 Å². The molecular formula is C36H50N6O11S. The Morgan fingerprint density at radius 3 is 1.87 bits per heavy atom. The number of carbonyl (C=O) groups is 3. The fourth-order valence-corrected chi connectivity index (χ4v) is 5.68. The van der Waals surface area contributed by atoms with E-state index in [9.17, 15) is 27.4 Å². The molecule has 17 nitrogen and oxygen atoms in total. The summed E-state index contributed by atoms with van der Waals surface area (Å²) in [5, 5.41) is 9.31. The summed E-state index contributed by atoms with van der Waals surface area (Å²) in [7, 11) is -1.37. The smallest absolute Gasteiger partial charge is 0.412 e. The number of amides is 2. The van der Waals surface area contributed by atoms with E-state index in [1.54, 1.807) is 105 Å². The largest absolute Gasteiger partial charge is 0.744 e. The minimum atomic E-state index is -4.33. The molecule has 4 N–H and O–H groups in total. The van der Waals surface area contributed by atoms with E-state index >= 15 is 0 Å². The third kappa shape index (κ3) is 13.7. The number of rotatable bonds is 7. The first kappa shape index (κ1) is 44.5. The topological polar surface area (TPSA) is 226 Å². The Hall–Kier alpha value is -5.62. The van der Waals surface area contributed by atoms with Gasteiger partial charge in [0.15, 0.2) is 5.75 Å². The molecule has 54 heavy (non-hydrogen) atoms. The van der Waals surface area contributed by atoms with Gasteiger partial charge < -0.3 is 28.2 Å². The van der Waals surface area contributed by atoms with Gasteiger partial charge in [-0.15, -0.1) is 0 Å².